The van der Waals surface area contributed by atoms with Crippen LogP contribution >= 0.6 is 0 Å². The Kier molecular flexibility index (Phi) is 36.2. The van der Waals surface area contributed by atoms with Gasteiger partial charge in [-0.25, -0.2) is 24.1 Å². The number of aliphatic hydroxyl groups excluding tert-OH is 2. The molecule has 29 heteroatoms. The minimum absolute atomic E-state index is 0. The van der Waals surface area contributed by atoms with Crippen molar-refractivity contribution in [2.75, 3.05) is 53.7 Å². The molecule has 8 aliphatic rings. The fourth-order valence-corrected chi connectivity index (χ4v) is 13.6. The molecule has 90 heavy (non-hydrogen) atoms. The van der Waals surface area contributed by atoms with Crippen molar-refractivity contribution in [3.63, 3.8) is 0 Å². The van der Waals surface area contributed by atoms with Crippen LogP contribution in [0, 0.1) is 58.2 Å². The van der Waals surface area contributed by atoms with Gasteiger partial charge in [-0.1, -0.05) is 81.1 Å². The van der Waals surface area contributed by atoms with Crippen LogP contribution in [0.3, 0.4) is 0 Å². The van der Waals surface area contributed by atoms with Gasteiger partial charge in [0.15, 0.2) is 12.2 Å². The van der Waals surface area contributed by atoms with Gasteiger partial charge in [0.05, 0.1) is 52.7 Å². The Balaban J connectivity index is 0.00000154. The number of fused-ring (bicyclic) bond motifs is 2. The molecule has 508 valence electrons. The normalized spacial score (nSPS) is 25.6. The molecule has 4 aliphatic heterocycles. The zero-order chi connectivity index (χ0) is 64.2. The second kappa shape index (κ2) is 37.9. The van der Waals surface area contributed by atoms with Crippen molar-refractivity contribution >= 4 is 54.2 Å². The minimum Gasteiger partial charge on any atom is -1.00 e. The largest absolute Gasteiger partial charge is 1.00 e. The van der Waals surface area contributed by atoms with Gasteiger partial charge in [0.25, 0.3) is 6.47 Å². The first-order valence-corrected chi connectivity index (χ1v) is 30.2. The van der Waals surface area contributed by atoms with E-state index in [9.17, 15) is 53.7 Å². The molecule has 8 fully saturated rings. The quantitative estimate of drug-likeness (QED) is 0.0171. The minimum atomic E-state index is -1.77. The summed E-state index contributed by atoms with van der Waals surface area (Å²) in [5, 5.41) is 57.3. The summed E-state index contributed by atoms with van der Waals surface area (Å²) in [6.45, 7) is 21.4. The molecule has 0 spiro atoms. The number of carbonyl (C=O) groups is 9. The van der Waals surface area contributed by atoms with Crippen LogP contribution in [-0.4, -0.2) is 198 Å². The van der Waals surface area contributed by atoms with Gasteiger partial charge >= 0.3 is 127 Å². The van der Waals surface area contributed by atoms with E-state index in [2.05, 4.69) is 58.7 Å². The van der Waals surface area contributed by atoms with Crippen molar-refractivity contribution < 1.29 is 207 Å². The second-order valence-electron chi connectivity index (χ2n) is 27.5. The summed E-state index contributed by atoms with van der Waals surface area (Å²) in [7, 11) is 2.37. The number of carboxylic acids is 1. The summed E-state index contributed by atoms with van der Waals surface area (Å²) in [6, 6.07) is -5.08. The van der Waals surface area contributed by atoms with E-state index in [0.717, 1.165) is 64.2 Å². The third-order valence-corrected chi connectivity index (χ3v) is 18.4. The molecular formula is C61H106K2N6O21. The Morgan fingerprint density at radius 3 is 1.21 bits per heavy atom. The van der Waals surface area contributed by atoms with E-state index < -0.39 is 95.6 Å². The van der Waals surface area contributed by atoms with Crippen molar-refractivity contribution in [1.29, 1.82) is 0 Å². The summed E-state index contributed by atoms with van der Waals surface area (Å²) in [6.07, 6.45) is 5.27. The average molecular weight is 1340 g/mol. The SMILES string of the molecule is C.C.CC(C)(C)OC(=O)N[C@H](C(=O)N1C[C@H]2[C@@H]([C@H]1C(=O)NC(CC1COC1)C(O)C(=O)O)C2(C)C)C1CCCCC1.COC(=O)C(O)C(CC1COC1)NC(=O)[C@@H]1[C@@H]2[C@H](CN1C(=O)[C@@H](NC(=O)OC(C)(C)C)C1CCCCC1)C2(C)C.COO.O=CO[O-].[H-].[K+].[K+]. The van der Waals surface area contributed by atoms with Gasteiger partial charge in [0, 0.05) is 24.9 Å². The number of carboxylic acid groups (broad SMARTS) is 1. The molecule has 0 radical (unpaired) electrons. The van der Waals surface area contributed by atoms with E-state index in [0.29, 0.717) is 45.9 Å². The molecule has 4 unspecified atom stereocenters. The number of methoxy groups -OCH3 is 1. The van der Waals surface area contributed by atoms with E-state index in [1.54, 1.807) is 51.3 Å². The van der Waals surface area contributed by atoms with Gasteiger partial charge < -0.3 is 81.6 Å². The first-order valence-electron chi connectivity index (χ1n) is 30.2. The summed E-state index contributed by atoms with van der Waals surface area (Å²) >= 11 is 0. The van der Waals surface area contributed by atoms with Gasteiger partial charge in [-0.05, 0) is 126 Å². The third kappa shape index (κ3) is 23.3. The number of hydrogen-bond acceptors (Lipinski definition) is 20. The van der Waals surface area contributed by atoms with Gasteiger partial charge in [-0.3, -0.25) is 29.2 Å². The van der Waals surface area contributed by atoms with E-state index in [1.807, 2.05) is 0 Å². The fourth-order valence-electron chi connectivity index (χ4n) is 13.6. The molecule has 6 amide bonds. The number of rotatable bonds is 19. The molecule has 0 bridgehead atoms. The Hall–Kier alpha value is -2.18. The number of likely N-dealkylation sites (tertiary alicyclic amines) is 2. The van der Waals surface area contributed by atoms with Crippen LogP contribution in [-0.2, 0) is 67.0 Å². The predicted molar refractivity (Wildman–Crippen MR) is 317 cm³/mol. The van der Waals surface area contributed by atoms with Gasteiger partial charge in [0.1, 0.15) is 35.4 Å². The summed E-state index contributed by atoms with van der Waals surface area (Å²) < 4.78 is 26.1. The maximum absolute atomic E-state index is 14.2. The first-order chi connectivity index (χ1) is 40.3. The van der Waals surface area contributed by atoms with Crippen LogP contribution in [0.4, 0.5) is 9.59 Å². The molecule has 12 atom stereocenters. The van der Waals surface area contributed by atoms with E-state index >= 15 is 0 Å². The fraction of sp³-hybridized carbons (Fsp3) is 0.852. The summed E-state index contributed by atoms with van der Waals surface area (Å²) in [5.41, 5.74) is -1.72. The Morgan fingerprint density at radius 1 is 0.622 bits per heavy atom. The molecular weight excluding hydrogens is 1230 g/mol. The van der Waals surface area contributed by atoms with Crippen LogP contribution in [0.5, 0.6) is 0 Å². The number of hydrogen-bond donors (Lipinski definition) is 8. The van der Waals surface area contributed by atoms with Gasteiger partial charge in [-0.15, -0.1) is 0 Å². The van der Waals surface area contributed by atoms with Crippen LogP contribution in [0.1, 0.15) is 163 Å². The monoisotopic (exact) mass is 1340 g/mol. The Labute approximate surface area is 618 Å². The molecule has 27 nitrogen and oxygen atoms in total. The van der Waals surface area contributed by atoms with Crippen molar-refractivity contribution in [3.05, 3.63) is 0 Å². The number of piperidine rings is 2. The van der Waals surface area contributed by atoms with Crippen LogP contribution < -0.4 is 129 Å². The molecule has 0 aromatic heterocycles. The van der Waals surface area contributed by atoms with E-state index in [4.69, 9.17) is 39.0 Å². The standard InChI is InChI=1S/C29H47N3O8.C28H45N3O8.CH2O3.CH4O2.2CH4.2K.H/c1-28(2,3)40-27(37)31-21(17-10-8-7-9-11-17)25(35)32-13-18-20(29(18,4)5)22(32)24(34)30-19(12-16-14-39-15-16)23(33)26(36)38-6;1-27(2,3)39-26(37)30-20(16-9-7-6-8-10-16)24(34)31-12-17-19(28(17,4)5)21(31)23(33)29-18(22(32)25(35)36)11-15-13-38-14-15;2-1-4-3;1-3-2;;;;;/h16-23,33H,7-15H2,1-6H3,(H,30,34)(H,31,37);15-22,32H,6-14H2,1-5H3,(H,29,33)(H,30,37)(H,35,36);1,3H;2H,1H3;2*1H4;;;/q;;;;;;2*+1;-1/p-1/t18-,19?,20-,21-,22-,23?;17-,18?,19-,20-,21-,22?;;;;;;;/m00......./s1. The Morgan fingerprint density at radius 2 is 0.944 bits per heavy atom. The Bertz CT molecular complexity index is 2350. The molecule has 4 saturated heterocycles. The number of aliphatic hydroxyl groups is 2. The molecule has 8 rings (SSSR count). The first kappa shape index (κ1) is 85.8. The number of amides is 6. The van der Waals surface area contributed by atoms with Crippen molar-refractivity contribution in [1.82, 2.24) is 31.1 Å². The third-order valence-electron chi connectivity index (χ3n) is 18.4. The number of nitrogens with zero attached hydrogens (tertiary/aromatic N) is 2. The molecule has 4 aliphatic carbocycles. The molecule has 4 heterocycles. The number of aliphatic carboxylic acids is 1. The van der Waals surface area contributed by atoms with Gasteiger partial charge in [0.2, 0.25) is 23.6 Å². The van der Waals surface area contributed by atoms with E-state index in [-0.39, 0.29) is 202 Å². The maximum atomic E-state index is 14.2. The van der Waals surface area contributed by atoms with Crippen LogP contribution in [0.25, 0.3) is 0 Å². The molecule has 8 N–H and O–H groups in total. The predicted octanol–water partition coefficient (Wildman–Crippen LogP) is -2.16. The van der Waals surface area contributed by atoms with Crippen LogP contribution in [0.15, 0.2) is 0 Å². The van der Waals surface area contributed by atoms with Crippen LogP contribution in [0.2, 0.25) is 0 Å². The van der Waals surface area contributed by atoms with Gasteiger partial charge in [-0.2, -0.15) is 0 Å². The second-order valence-corrected chi connectivity index (χ2v) is 27.5. The number of alkyl carbamates (subject to hydrolysis) is 2. The molecule has 0 aromatic rings. The van der Waals surface area contributed by atoms with Crippen molar-refractivity contribution in [2.24, 2.45) is 58.2 Å². The molecule has 4 saturated carbocycles. The zero-order valence-electron chi connectivity index (χ0n) is 55.2. The number of nitrogens with one attached hydrogen (secondary N) is 4. The average Bonchev–Trinajstić information content (AvgIpc) is 1.54. The van der Waals surface area contributed by atoms with Crippen molar-refractivity contribution in [3.8, 4) is 0 Å². The number of ether oxygens (including phenoxy) is 5. The number of esters is 1. The smallest absolute Gasteiger partial charge is 1.00 e. The summed E-state index contributed by atoms with van der Waals surface area (Å²) in [4.78, 5) is 123. The zero-order valence-corrected chi connectivity index (χ0v) is 60.4. The topological polar surface area (TPSA) is 377 Å². The molecule has 0 aromatic carbocycles. The van der Waals surface area contributed by atoms with E-state index in [1.165, 1.54) is 14.2 Å². The summed E-state index contributed by atoms with van der Waals surface area (Å²) in [5.74, 6) is -3.55. The number of carbonyl (C=O) groups excluding carboxylic acids is 8. The van der Waals surface area contributed by atoms with Crippen molar-refractivity contribution in [2.45, 2.75) is 221 Å². The maximum Gasteiger partial charge on any atom is 1.00 e.